The Balaban J connectivity index is 1.79. The molecule has 0 radical (unpaired) electrons. The molecule has 162 valence electrons. The van der Waals surface area contributed by atoms with E-state index in [4.69, 9.17) is 18.9 Å². The van der Waals surface area contributed by atoms with E-state index in [0.717, 1.165) is 22.3 Å². The molecule has 1 aromatic carbocycles. The number of carbonyl (C=O) groups excluding carboxylic acids is 2. The number of benzene rings is 1. The van der Waals surface area contributed by atoms with Crippen LogP contribution in [0.25, 0.3) is 5.57 Å². The fraction of sp³-hybridized carbons (Fsp3) is 0.583. The molecule has 2 aliphatic carbocycles. The lowest BCUT2D eigenvalue weighted by molar-refractivity contribution is -0.161. The SMILES string of the molecule is CCOC(=O)OC1=C(c2c(C)cc(C)cc2C)C(=O)C2CC3(COC(C)(C)O3)CC12. The van der Waals surface area contributed by atoms with E-state index < -0.39 is 17.5 Å². The maximum absolute atomic E-state index is 13.6. The van der Waals surface area contributed by atoms with Crippen LogP contribution in [0.5, 0.6) is 0 Å². The van der Waals surface area contributed by atoms with E-state index in [-0.39, 0.29) is 24.2 Å². The van der Waals surface area contributed by atoms with Gasteiger partial charge < -0.3 is 18.9 Å². The van der Waals surface area contributed by atoms with E-state index in [2.05, 4.69) is 12.1 Å². The van der Waals surface area contributed by atoms with Crippen LogP contribution in [0.2, 0.25) is 0 Å². The maximum Gasteiger partial charge on any atom is 0.513 e. The summed E-state index contributed by atoms with van der Waals surface area (Å²) in [7, 11) is 0. The minimum atomic E-state index is -0.772. The fourth-order valence-electron chi connectivity index (χ4n) is 5.48. The minimum absolute atomic E-state index is 0.0135. The highest BCUT2D eigenvalue weighted by Crippen LogP contribution is 2.56. The van der Waals surface area contributed by atoms with Crippen molar-refractivity contribution in [2.24, 2.45) is 11.8 Å². The summed E-state index contributed by atoms with van der Waals surface area (Å²) in [6.07, 6.45) is 0.365. The molecule has 1 heterocycles. The van der Waals surface area contributed by atoms with Crippen molar-refractivity contribution in [2.75, 3.05) is 13.2 Å². The standard InChI is InChI=1S/C24H30O6/c1-7-27-22(26)29-21-17-11-24(12-28-23(5,6)30-24)10-16(17)20(25)19(21)18-14(3)8-13(2)9-15(18)4/h8-9,16-17H,7,10-12H2,1-6H3. The molecule has 6 nitrogen and oxygen atoms in total. The van der Waals surface area contributed by atoms with Gasteiger partial charge in [0.05, 0.1) is 24.4 Å². The van der Waals surface area contributed by atoms with Gasteiger partial charge in [0.1, 0.15) is 5.76 Å². The van der Waals surface area contributed by atoms with Gasteiger partial charge in [-0.25, -0.2) is 4.79 Å². The van der Waals surface area contributed by atoms with Gasteiger partial charge in [-0.3, -0.25) is 4.79 Å². The number of fused-ring (bicyclic) bond motifs is 1. The Morgan fingerprint density at radius 3 is 2.33 bits per heavy atom. The Kier molecular flexibility index (Phi) is 5.06. The van der Waals surface area contributed by atoms with E-state index in [1.807, 2.05) is 34.6 Å². The molecule has 0 bridgehead atoms. The zero-order valence-electron chi connectivity index (χ0n) is 18.6. The average molecular weight is 414 g/mol. The molecule has 6 heteroatoms. The number of Topliss-reactive ketones (excluding diaryl/α,β-unsaturated/α-hetero) is 1. The molecule has 3 unspecified atom stereocenters. The summed E-state index contributed by atoms with van der Waals surface area (Å²) in [5.74, 6) is -0.764. The Bertz CT molecular complexity index is 920. The van der Waals surface area contributed by atoms with Crippen LogP contribution in [0, 0.1) is 32.6 Å². The predicted octanol–water partition coefficient (Wildman–Crippen LogP) is 4.63. The zero-order valence-corrected chi connectivity index (χ0v) is 18.6. The number of allylic oxidation sites excluding steroid dienone is 2. The third-order valence-electron chi connectivity index (χ3n) is 6.36. The van der Waals surface area contributed by atoms with Crippen LogP contribution in [-0.4, -0.2) is 36.5 Å². The fourth-order valence-corrected chi connectivity index (χ4v) is 5.48. The van der Waals surface area contributed by atoms with Gasteiger partial charge in [-0.05, 0) is 71.1 Å². The van der Waals surface area contributed by atoms with Crippen molar-refractivity contribution in [2.45, 2.75) is 65.8 Å². The summed E-state index contributed by atoms with van der Waals surface area (Å²) in [4.78, 5) is 25.9. The molecule has 2 fully saturated rings. The number of carbonyl (C=O) groups is 2. The van der Waals surface area contributed by atoms with Gasteiger partial charge in [0.15, 0.2) is 11.6 Å². The van der Waals surface area contributed by atoms with E-state index in [1.54, 1.807) is 6.92 Å². The van der Waals surface area contributed by atoms with Crippen LogP contribution in [0.4, 0.5) is 4.79 Å². The highest BCUT2D eigenvalue weighted by Gasteiger charge is 2.60. The Morgan fingerprint density at radius 2 is 1.77 bits per heavy atom. The number of aryl methyl sites for hydroxylation is 3. The van der Waals surface area contributed by atoms with Crippen LogP contribution < -0.4 is 0 Å². The smallest absolute Gasteiger partial charge is 0.434 e. The zero-order chi connectivity index (χ0) is 21.8. The van der Waals surface area contributed by atoms with Gasteiger partial charge in [-0.2, -0.15) is 0 Å². The molecule has 4 rings (SSSR count). The van der Waals surface area contributed by atoms with Crippen molar-refractivity contribution in [3.63, 3.8) is 0 Å². The van der Waals surface area contributed by atoms with Crippen LogP contribution in [-0.2, 0) is 23.7 Å². The Hall–Kier alpha value is -2.18. The second kappa shape index (κ2) is 7.20. The molecule has 1 aliphatic heterocycles. The van der Waals surface area contributed by atoms with Crippen molar-refractivity contribution in [1.29, 1.82) is 0 Å². The summed E-state index contributed by atoms with van der Waals surface area (Å²) in [5.41, 5.74) is 3.97. The van der Waals surface area contributed by atoms with Gasteiger partial charge in [-0.15, -0.1) is 0 Å². The van der Waals surface area contributed by atoms with Gasteiger partial charge in [0, 0.05) is 11.8 Å². The monoisotopic (exact) mass is 414 g/mol. The van der Waals surface area contributed by atoms with E-state index in [0.29, 0.717) is 30.8 Å². The van der Waals surface area contributed by atoms with Crippen molar-refractivity contribution >= 4 is 17.5 Å². The first-order valence-corrected chi connectivity index (χ1v) is 10.6. The lowest BCUT2D eigenvalue weighted by atomic mass is 9.89. The molecular weight excluding hydrogens is 384 g/mol. The second-order valence-corrected chi connectivity index (χ2v) is 9.26. The normalized spacial score (nSPS) is 29.6. The molecule has 0 aromatic heterocycles. The largest absolute Gasteiger partial charge is 0.513 e. The molecule has 30 heavy (non-hydrogen) atoms. The highest BCUT2D eigenvalue weighted by atomic mass is 16.8. The highest BCUT2D eigenvalue weighted by molar-refractivity contribution is 6.26. The summed E-state index contributed by atoms with van der Waals surface area (Å²) in [6.45, 7) is 12.1. The van der Waals surface area contributed by atoms with E-state index in [1.165, 1.54) is 0 Å². The van der Waals surface area contributed by atoms with Gasteiger partial charge >= 0.3 is 6.16 Å². The lowest BCUT2D eigenvalue weighted by Gasteiger charge is -2.26. The minimum Gasteiger partial charge on any atom is -0.434 e. The molecule has 1 spiro atoms. The summed E-state index contributed by atoms with van der Waals surface area (Å²) in [6, 6.07) is 4.10. The van der Waals surface area contributed by atoms with Gasteiger partial charge in [0.2, 0.25) is 0 Å². The molecule has 1 saturated carbocycles. The molecular formula is C24H30O6. The third-order valence-corrected chi connectivity index (χ3v) is 6.36. The number of rotatable bonds is 3. The number of ether oxygens (including phenoxy) is 4. The molecule has 1 saturated heterocycles. The molecule has 3 aliphatic rings. The Morgan fingerprint density at radius 1 is 1.13 bits per heavy atom. The van der Waals surface area contributed by atoms with Crippen molar-refractivity contribution in [3.05, 3.63) is 40.1 Å². The molecule has 1 aromatic rings. The second-order valence-electron chi connectivity index (χ2n) is 9.26. The van der Waals surface area contributed by atoms with E-state index in [9.17, 15) is 9.59 Å². The van der Waals surface area contributed by atoms with E-state index >= 15 is 0 Å². The summed E-state index contributed by atoms with van der Waals surface area (Å²) in [5, 5.41) is 0. The van der Waals surface area contributed by atoms with Gasteiger partial charge in [0.25, 0.3) is 0 Å². The summed E-state index contributed by atoms with van der Waals surface area (Å²) >= 11 is 0. The third kappa shape index (κ3) is 3.46. The number of hydrogen-bond donors (Lipinski definition) is 0. The van der Waals surface area contributed by atoms with Crippen molar-refractivity contribution in [3.8, 4) is 0 Å². The molecule has 0 amide bonds. The first-order valence-electron chi connectivity index (χ1n) is 10.6. The number of ketones is 1. The van der Waals surface area contributed by atoms with Gasteiger partial charge in [-0.1, -0.05) is 17.7 Å². The van der Waals surface area contributed by atoms with Crippen LogP contribution in [0.1, 0.15) is 55.9 Å². The molecule has 0 N–H and O–H groups in total. The Labute approximate surface area is 177 Å². The average Bonchev–Trinajstić information content (AvgIpc) is 3.21. The van der Waals surface area contributed by atoms with Crippen molar-refractivity contribution < 1.29 is 28.5 Å². The number of hydrogen-bond acceptors (Lipinski definition) is 6. The summed E-state index contributed by atoms with van der Waals surface area (Å²) < 4.78 is 22.8. The van der Waals surface area contributed by atoms with Crippen LogP contribution in [0.15, 0.2) is 17.9 Å². The van der Waals surface area contributed by atoms with Crippen LogP contribution in [0.3, 0.4) is 0 Å². The first-order chi connectivity index (χ1) is 14.1. The van der Waals surface area contributed by atoms with Crippen molar-refractivity contribution in [1.82, 2.24) is 0 Å². The maximum atomic E-state index is 13.6. The first kappa shape index (κ1) is 21.1. The predicted molar refractivity (Wildman–Crippen MR) is 111 cm³/mol. The lowest BCUT2D eigenvalue weighted by Crippen LogP contribution is -2.32. The van der Waals surface area contributed by atoms with Crippen LogP contribution >= 0.6 is 0 Å². The topological polar surface area (TPSA) is 71.1 Å². The quantitative estimate of drug-likeness (QED) is 0.672. The molecule has 3 atom stereocenters.